The van der Waals surface area contributed by atoms with Crippen molar-refractivity contribution in [1.29, 1.82) is 0 Å². The van der Waals surface area contributed by atoms with E-state index in [4.69, 9.17) is 4.74 Å². The van der Waals surface area contributed by atoms with E-state index in [-0.39, 0.29) is 35.5 Å². The number of carbonyl (C=O) groups is 3. The third kappa shape index (κ3) is 4.02. The van der Waals surface area contributed by atoms with Gasteiger partial charge in [0, 0.05) is 18.9 Å². The summed E-state index contributed by atoms with van der Waals surface area (Å²) in [5.74, 6) is -1.81. The Balaban J connectivity index is 1.23. The number of aliphatic hydroxyl groups excluding tert-OH is 1. The summed E-state index contributed by atoms with van der Waals surface area (Å²) in [4.78, 5) is 41.9. The summed E-state index contributed by atoms with van der Waals surface area (Å²) >= 11 is 0.918. The van der Waals surface area contributed by atoms with Gasteiger partial charge in [0.1, 0.15) is 17.5 Å². The van der Waals surface area contributed by atoms with Crippen LogP contribution in [0.3, 0.4) is 0 Å². The van der Waals surface area contributed by atoms with Crippen LogP contribution in [0.15, 0.2) is 54.7 Å². The van der Waals surface area contributed by atoms with Crippen LogP contribution in [-0.2, 0) is 9.53 Å². The van der Waals surface area contributed by atoms with Crippen LogP contribution in [-0.4, -0.2) is 63.4 Å². The van der Waals surface area contributed by atoms with Crippen molar-refractivity contribution < 1.29 is 29.3 Å². The smallest absolute Gasteiger partial charge is 0.413 e. The maximum absolute atomic E-state index is 12.7. The number of anilines is 1. The summed E-state index contributed by atoms with van der Waals surface area (Å²) in [6.45, 7) is 0.0752. The molecule has 1 aliphatic heterocycles. The molecule has 2 aromatic carbocycles. The first-order valence-electron chi connectivity index (χ1n) is 10.7. The zero-order valence-electron chi connectivity index (χ0n) is 17.9. The number of hydrogen-bond donors (Lipinski definition) is 3. The molecule has 3 N–H and O–H groups in total. The van der Waals surface area contributed by atoms with Crippen LogP contribution < -0.4 is 5.32 Å². The first kappa shape index (κ1) is 22.1. The zero-order chi connectivity index (χ0) is 23.8. The summed E-state index contributed by atoms with van der Waals surface area (Å²) in [6.07, 6.45) is -0.341. The number of aromatic nitrogens is 1. The van der Waals surface area contributed by atoms with Crippen LogP contribution in [0.25, 0.3) is 11.1 Å². The van der Waals surface area contributed by atoms with Crippen molar-refractivity contribution in [2.75, 3.05) is 18.5 Å². The number of carbonyl (C=O) groups excluding carboxylic acids is 2. The van der Waals surface area contributed by atoms with Crippen molar-refractivity contribution >= 4 is 34.4 Å². The van der Waals surface area contributed by atoms with E-state index >= 15 is 0 Å². The van der Waals surface area contributed by atoms with E-state index in [0.717, 1.165) is 38.5 Å². The van der Waals surface area contributed by atoms with Crippen LogP contribution in [0.4, 0.5) is 9.93 Å². The fourth-order valence-electron chi connectivity index (χ4n) is 4.57. The number of benzene rings is 2. The van der Waals surface area contributed by atoms with Gasteiger partial charge in [0.15, 0.2) is 5.13 Å². The molecule has 34 heavy (non-hydrogen) atoms. The highest BCUT2D eigenvalue weighted by atomic mass is 32.1. The number of hydrogen-bond acceptors (Lipinski definition) is 7. The highest BCUT2D eigenvalue weighted by Crippen LogP contribution is 2.44. The quantitative estimate of drug-likeness (QED) is 0.513. The average molecular weight is 480 g/mol. The van der Waals surface area contributed by atoms with Crippen molar-refractivity contribution in [3.05, 3.63) is 70.7 Å². The summed E-state index contributed by atoms with van der Waals surface area (Å²) in [6, 6.07) is 14.9. The van der Waals surface area contributed by atoms with Crippen LogP contribution in [0.2, 0.25) is 0 Å². The molecule has 1 unspecified atom stereocenters. The molecule has 174 valence electrons. The number of carboxylic acid groups (broad SMARTS) is 1. The first-order chi connectivity index (χ1) is 16.4. The van der Waals surface area contributed by atoms with E-state index < -0.39 is 30.1 Å². The van der Waals surface area contributed by atoms with Crippen molar-refractivity contribution in [2.45, 2.75) is 24.5 Å². The Morgan fingerprint density at radius 3 is 2.38 bits per heavy atom. The number of nitrogens with zero attached hydrogens (tertiary/aromatic N) is 2. The predicted molar refractivity (Wildman–Crippen MR) is 124 cm³/mol. The maximum atomic E-state index is 12.7. The van der Waals surface area contributed by atoms with E-state index in [0.29, 0.717) is 0 Å². The summed E-state index contributed by atoms with van der Waals surface area (Å²) in [7, 11) is 0. The lowest BCUT2D eigenvalue weighted by atomic mass is 9.98. The van der Waals surface area contributed by atoms with E-state index in [9.17, 15) is 24.6 Å². The minimum absolute atomic E-state index is 0.0231. The number of aliphatic carboxylic acids is 1. The van der Waals surface area contributed by atoms with Gasteiger partial charge in [-0.1, -0.05) is 59.9 Å². The lowest BCUT2D eigenvalue weighted by Gasteiger charge is -2.19. The average Bonchev–Trinajstić information content (AvgIpc) is 3.53. The first-order valence-corrected chi connectivity index (χ1v) is 11.5. The Hall–Kier alpha value is -3.76. The van der Waals surface area contributed by atoms with Gasteiger partial charge in [0.05, 0.1) is 12.3 Å². The van der Waals surface area contributed by atoms with Gasteiger partial charge < -0.3 is 19.8 Å². The maximum Gasteiger partial charge on any atom is 0.413 e. The SMILES string of the molecule is O=C(Nc1ncc(C(=O)N2CC(O)C[C@H]2C(=O)O)s1)OCC1c2ccccc2-c2ccccc21. The van der Waals surface area contributed by atoms with Gasteiger partial charge in [0.2, 0.25) is 0 Å². The van der Waals surface area contributed by atoms with Crippen molar-refractivity contribution in [1.82, 2.24) is 9.88 Å². The Labute approximate surface area is 198 Å². The molecular formula is C24H21N3O6S. The number of β-amino-alcohol motifs (C(OH)–C–C–N with tert-alkyl or cyclic N) is 1. The number of rotatable bonds is 5. The minimum atomic E-state index is -1.17. The standard InChI is InChI=1S/C24H21N3O6S/c28-13-9-19(22(30)31)27(11-13)21(29)20-10-25-23(34-20)26-24(32)33-12-18-16-7-3-1-5-14(16)15-6-2-4-8-17(15)18/h1-8,10,13,18-19,28H,9,11-12H2,(H,30,31)(H,25,26,32)/t13?,19-/m0/s1. The third-order valence-corrected chi connectivity index (χ3v) is 6.99. The minimum Gasteiger partial charge on any atom is -0.480 e. The number of fused-ring (bicyclic) bond motifs is 3. The van der Waals surface area contributed by atoms with Crippen LogP contribution in [0.1, 0.15) is 33.1 Å². The van der Waals surface area contributed by atoms with Crippen molar-refractivity contribution in [3.63, 3.8) is 0 Å². The Morgan fingerprint density at radius 1 is 1.09 bits per heavy atom. The van der Waals surface area contributed by atoms with Gasteiger partial charge in [-0.2, -0.15) is 0 Å². The van der Waals surface area contributed by atoms with Gasteiger partial charge in [0.25, 0.3) is 5.91 Å². The highest BCUT2D eigenvalue weighted by Gasteiger charge is 2.40. The molecule has 2 heterocycles. The summed E-state index contributed by atoms with van der Waals surface area (Å²) in [5, 5.41) is 21.8. The zero-order valence-corrected chi connectivity index (χ0v) is 18.7. The molecule has 1 aliphatic carbocycles. The van der Waals surface area contributed by atoms with Crippen LogP contribution >= 0.6 is 11.3 Å². The lowest BCUT2D eigenvalue weighted by molar-refractivity contribution is -0.141. The molecule has 0 spiro atoms. The molecule has 0 saturated carbocycles. The molecule has 3 aromatic rings. The molecule has 1 aromatic heterocycles. The number of ether oxygens (including phenoxy) is 1. The number of thiazole rings is 1. The van der Waals surface area contributed by atoms with Crippen LogP contribution in [0.5, 0.6) is 0 Å². The summed E-state index contributed by atoms with van der Waals surface area (Å²) in [5.41, 5.74) is 4.45. The number of aliphatic hydroxyl groups is 1. The fourth-order valence-corrected chi connectivity index (χ4v) is 5.32. The Bertz CT molecular complexity index is 1230. The van der Waals surface area contributed by atoms with Gasteiger partial charge >= 0.3 is 12.1 Å². The molecule has 2 aliphatic rings. The fraction of sp³-hybridized carbons (Fsp3) is 0.250. The molecule has 1 saturated heterocycles. The van der Waals surface area contributed by atoms with E-state index in [1.54, 1.807) is 0 Å². The summed E-state index contributed by atoms with van der Waals surface area (Å²) < 4.78 is 5.49. The molecule has 0 bridgehead atoms. The molecule has 9 nitrogen and oxygen atoms in total. The lowest BCUT2D eigenvalue weighted by Crippen LogP contribution is -2.40. The van der Waals surface area contributed by atoms with Gasteiger partial charge in [-0.3, -0.25) is 10.1 Å². The van der Waals surface area contributed by atoms with Crippen LogP contribution in [0, 0.1) is 0 Å². The van der Waals surface area contributed by atoms with Crippen molar-refractivity contribution in [2.24, 2.45) is 0 Å². The van der Waals surface area contributed by atoms with Crippen molar-refractivity contribution in [3.8, 4) is 11.1 Å². The predicted octanol–water partition coefficient (Wildman–Crippen LogP) is 3.16. The Morgan fingerprint density at radius 2 is 1.74 bits per heavy atom. The second kappa shape index (κ2) is 8.88. The molecule has 1 fully saturated rings. The molecule has 0 radical (unpaired) electrons. The molecule has 10 heteroatoms. The second-order valence-electron chi connectivity index (χ2n) is 8.18. The molecule has 2 atom stereocenters. The number of nitrogens with one attached hydrogen (secondary N) is 1. The topological polar surface area (TPSA) is 129 Å². The Kier molecular flexibility index (Phi) is 5.76. The van der Waals surface area contributed by atoms with Gasteiger partial charge in [-0.15, -0.1) is 0 Å². The van der Waals surface area contributed by atoms with E-state index in [1.165, 1.54) is 6.20 Å². The largest absolute Gasteiger partial charge is 0.480 e. The highest BCUT2D eigenvalue weighted by molar-refractivity contribution is 7.17. The third-order valence-electron chi connectivity index (χ3n) is 6.09. The number of amides is 2. The normalized spacial score (nSPS) is 18.9. The molecular weight excluding hydrogens is 458 g/mol. The molecule has 5 rings (SSSR count). The molecule has 2 amide bonds. The van der Waals surface area contributed by atoms with E-state index in [1.807, 2.05) is 36.4 Å². The monoisotopic (exact) mass is 479 g/mol. The number of likely N-dealkylation sites (tertiary alicyclic amines) is 1. The number of carboxylic acids is 1. The van der Waals surface area contributed by atoms with Gasteiger partial charge in [-0.25, -0.2) is 14.6 Å². The van der Waals surface area contributed by atoms with E-state index in [2.05, 4.69) is 22.4 Å². The second-order valence-corrected chi connectivity index (χ2v) is 9.21. The van der Waals surface area contributed by atoms with Gasteiger partial charge in [-0.05, 0) is 22.3 Å².